The molecule has 2 heterocycles. The van der Waals surface area contributed by atoms with E-state index >= 15 is 0 Å². The molecule has 0 spiro atoms. The smallest absolute Gasteiger partial charge is 0.225 e. The van der Waals surface area contributed by atoms with Crippen LogP contribution in [0, 0.1) is 0 Å². The molecule has 0 unspecified atom stereocenters. The summed E-state index contributed by atoms with van der Waals surface area (Å²) in [5, 5.41) is 9.95. The Hall–Kier alpha value is -0.910. The van der Waals surface area contributed by atoms with E-state index in [9.17, 15) is 5.11 Å². The van der Waals surface area contributed by atoms with Crippen LogP contribution in [-0.2, 0) is 13.2 Å². The Morgan fingerprint density at radius 3 is 1.76 bits per heavy atom. The molecule has 2 aromatic heterocycles. The Morgan fingerprint density at radius 1 is 0.724 bits per heavy atom. The van der Waals surface area contributed by atoms with Gasteiger partial charge in [0, 0.05) is 6.54 Å². The average molecular weight is 443 g/mol. The largest absolute Gasteiger partial charge is 0.388 e. The lowest BCUT2D eigenvalue weighted by Crippen LogP contribution is -2.04. The van der Waals surface area contributed by atoms with Gasteiger partial charge in [-0.1, -0.05) is 102 Å². The van der Waals surface area contributed by atoms with Crippen LogP contribution in [0.15, 0.2) is 0 Å². The van der Waals surface area contributed by atoms with Gasteiger partial charge in [-0.3, -0.25) is 0 Å². The molecule has 2 aromatic rings. The van der Waals surface area contributed by atoms with E-state index in [1.807, 2.05) is 4.57 Å². The van der Waals surface area contributed by atoms with Crippen molar-refractivity contribution in [2.75, 3.05) is 0 Å². The molecule has 0 saturated carbocycles. The molecule has 0 radical (unpaired) electrons. The molecule has 0 fully saturated rings. The van der Waals surface area contributed by atoms with Gasteiger partial charge in [0.1, 0.15) is 17.9 Å². The van der Waals surface area contributed by atoms with Crippen molar-refractivity contribution < 1.29 is 5.11 Å². The summed E-state index contributed by atoms with van der Waals surface area (Å²) in [5.74, 6) is 0.563. The second kappa shape index (κ2) is 14.2. The fourth-order valence-electron chi connectivity index (χ4n) is 3.84. The highest BCUT2D eigenvalue weighted by atomic mass is 35.5. The van der Waals surface area contributed by atoms with Crippen LogP contribution in [0.4, 0.5) is 0 Å². The van der Waals surface area contributed by atoms with E-state index in [2.05, 4.69) is 21.9 Å². The number of aryl methyl sites for hydroxylation is 1. The summed E-state index contributed by atoms with van der Waals surface area (Å²) in [6.45, 7) is 2.88. The minimum atomic E-state index is -0.150. The minimum absolute atomic E-state index is 0.0770. The molecule has 7 heteroatoms. The van der Waals surface area contributed by atoms with Crippen molar-refractivity contribution in [1.29, 1.82) is 0 Å². The zero-order chi connectivity index (χ0) is 20.9. The first-order valence-corrected chi connectivity index (χ1v) is 12.1. The number of aliphatic hydroxyl groups is 1. The normalized spacial score (nSPS) is 11.6. The van der Waals surface area contributed by atoms with E-state index in [1.165, 1.54) is 77.0 Å². The number of hydrogen-bond donors (Lipinski definition) is 1. The maximum absolute atomic E-state index is 9.59. The van der Waals surface area contributed by atoms with Gasteiger partial charge >= 0.3 is 0 Å². The van der Waals surface area contributed by atoms with Crippen molar-refractivity contribution in [3.63, 3.8) is 0 Å². The summed E-state index contributed by atoms with van der Waals surface area (Å²) in [7, 11) is 0. The van der Waals surface area contributed by atoms with Crippen molar-refractivity contribution >= 4 is 34.4 Å². The van der Waals surface area contributed by atoms with Crippen molar-refractivity contribution in [1.82, 2.24) is 19.5 Å². The lowest BCUT2D eigenvalue weighted by Gasteiger charge is -2.08. The van der Waals surface area contributed by atoms with Gasteiger partial charge in [0.2, 0.25) is 5.28 Å². The monoisotopic (exact) mass is 442 g/mol. The number of hydrogen-bond acceptors (Lipinski definition) is 4. The number of rotatable bonds is 16. The van der Waals surface area contributed by atoms with E-state index in [0.29, 0.717) is 17.0 Å². The summed E-state index contributed by atoms with van der Waals surface area (Å²) >= 11 is 12.1. The number of unbranched alkanes of at least 4 members (excludes halogenated alkanes) is 13. The Kier molecular flexibility index (Phi) is 11.9. The molecule has 0 aliphatic rings. The molecule has 0 aliphatic carbocycles. The van der Waals surface area contributed by atoms with Gasteiger partial charge in [-0.15, -0.1) is 0 Å². The zero-order valence-electron chi connectivity index (χ0n) is 17.8. The molecule has 0 amide bonds. The maximum Gasteiger partial charge on any atom is 0.225 e. The van der Waals surface area contributed by atoms with Crippen LogP contribution in [0.5, 0.6) is 0 Å². The Balaban J connectivity index is 1.57. The molecular formula is C22H36Cl2N4O. The second-order valence-electron chi connectivity index (χ2n) is 7.89. The Labute approximate surface area is 185 Å². The fraction of sp³-hybridized carbons (Fsp3) is 0.773. The Bertz CT molecular complexity index is 720. The molecule has 5 nitrogen and oxygen atoms in total. The second-order valence-corrected chi connectivity index (χ2v) is 8.59. The predicted octanol–water partition coefficient (Wildman–Crippen LogP) is 7.11. The van der Waals surface area contributed by atoms with E-state index < -0.39 is 0 Å². The zero-order valence-corrected chi connectivity index (χ0v) is 19.3. The maximum atomic E-state index is 9.59. The standard InChI is InChI=1S/C22H36Cl2N4O/c1-2-3-4-5-6-7-8-9-10-11-12-13-14-15-16-28-18(17-29)25-21-19(28)20(23)26-22(24)27-21/h29H,2-17H2,1H3. The summed E-state index contributed by atoms with van der Waals surface area (Å²) < 4.78 is 1.93. The first-order chi connectivity index (χ1) is 14.2. The van der Waals surface area contributed by atoms with Crippen LogP contribution < -0.4 is 0 Å². The highest BCUT2D eigenvalue weighted by Gasteiger charge is 2.16. The van der Waals surface area contributed by atoms with Crippen molar-refractivity contribution in [3.8, 4) is 0 Å². The van der Waals surface area contributed by atoms with Crippen LogP contribution >= 0.6 is 23.2 Å². The molecule has 0 saturated heterocycles. The topological polar surface area (TPSA) is 63.8 Å². The third-order valence-corrected chi connectivity index (χ3v) is 5.92. The van der Waals surface area contributed by atoms with Crippen molar-refractivity contribution in [2.24, 2.45) is 0 Å². The first kappa shape index (κ1) is 24.4. The molecule has 0 atom stereocenters. The van der Waals surface area contributed by atoms with Gasteiger partial charge in [0.25, 0.3) is 0 Å². The third kappa shape index (κ3) is 8.39. The van der Waals surface area contributed by atoms with Gasteiger partial charge in [0.05, 0.1) is 0 Å². The lowest BCUT2D eigenvalue weighted by molar-refractivity contribution is 0.265. The Morgan fingerprint density at radius 2 is 1.24 bits per heavy atom. The van der Waals surface area contributed by atoms with Gasteiger partial charge in [0.15, 0.2) is 10.8 Å². The molecule has 164 valence electrons. The summed E-state index contributed by atoms with van der Waals surface area (Å²) in [4.78, 5) is 12.4. The fourth-order valence-corrected chi connectivity index (χ4v) is 4.31. The quantitative estimate of drug-likeness (QED) is 0.171. The van der Waals surface area contributed by atoms with E-state index in [-0.39, 0.29) is 17.0 Å². The predicted molar refractivity (Wildman–Crippen MR) is 122 cm³/mol. The highest BCUT2D eigenvalue weighted by molar-refractivity contribution is 6.35. The van der Waals surface area contributed by atoms with Crippen LogP contribution in [-0.4, -0.2) is 24.6 Å². The minimum Gasteiger partial charge on any atom is -0.388 e. The molecule has 0 bridgehead atoms. The third-order valence-electron chi connectivity index (χ3n) is 5.49. The van der Waals surface area contributed by atoms with Crippen LogP contribution in [0.1, 0.15) is 103 Å². The van der Waals surface area contributed by atoms with Crippen LogP contribution in [0.3, 0.4) is 0 Å². The molecule has 0 aromatic carbocycles. The van der Waals surface area contributed by atoms with Gasteiger partial charge in [-0.25, -0.2) is 9.97 Å². The van der Waals surface area contributed by atoms with Gasteiger partial charge < -0.3 is 9.67 Å². The number of imidazole rings is 1. The number of nitrogens with zero attached hydrogens (tertiary/aromatic N) is 4. The van der Waals surface area contributed by atoms with Crippen molar-refractivity contribution in [2.45, 2.75) is 110 Å². The molecular weight excluding hydrogens is 407 g/mol. The number of halogens is 2. The summed E-state index contributed by atoms with van der Waals surface area (Å²) in [6.07, 6.45) is 18.6. The molecule has 0 aliphatic heterocycles. The number of aromatic nitrogens is 4. The van der Waals surface area contributed by atoms with Crippen LogP contribution in [0.25, 0.3) is 11.2 Å². The number of fused-ring (bicyclic) bond motifs is 1. The van der Waals surface area contributed by atoms with Crippen molar-refractivity contribution in [3.05, 3.63) is 16.3 Å². The summed E-state index contributed by atoms with van der Waals surface area (Å²) in [6, 6.07) is 0. The van der Waals surface area contributed by atoms with Gasteiger partial charge in [-0.2, -0.15) is 4.98 Å². The van der Waals surface area contributed by atoms with Crippen LogP contribution in [0.2, 0.25) is 10.4 Å². The van der Waals surface area contributed by atoms with E-state index in [0.717, 1.165) is 19.4 Å². The first-order valence-electron chi connectivity index (χ1n) is 11.4. The van der Waals surface area contributed by atoms with Gasteiger partial charge in [-0.05, 0) is 18.0 Å². The van der Waals surface area contributed by atoms with E-state index in [1.54, 1.807) is 0 Å². The molecule has 29 heavy (non-hydrogen) atoms. The SMILES string of the molecule is CCCCCCCCCCCCCCCCn1c(CO)nc2nc(Cl)nc(Cl)c21. The lowest BCUT2D eigenvalue weighted by atomic mass is 10.0. The summed E-state index contributed by atoms with van der Waals surface area (Å²) in [5.41, 5.74) is 1.11. The molecule has 1 N–H and O–H groups in total. The highest BCUT2D eigenvalue weighted by Crippen LogP contribution is 2.24. The average Bonchev–Trinajstić information content (AvgIpc) is 3.06. The molecule has 2 rings (SSSR count). The van der Waals surface area contributed by atoms with E-state index in [4.69, 9.17) is 23.2 Å². The number of aliphatic hydroxyl groups excluding tert-OH is 1.